The van der Waals surface area contributed by atoms with Gasteiger partial charge in [0.15, 0.2) is 5.82 Å². The largest absolute Gasteiger partial charge is 0.459 e. The van der Waals surface area contributed by atoms with Crippen LogP contribution in [-0.2, 0) is 18.5 Å². The van der Waals surface area contributed by atoms with Crippen molar-refractivity contribution in [3.05, 3.63) is 41.5 Å². The highest BCUT2D eigenvalue weighted by molar-refractivity contribution is 5.86. The highest BCUT2D eigenvalue weighted by Gasteiger charge is 2.59. The third kappa shape index (κ3) is 3.47. The molecule has 162 valence electrons. The number of hydrogen-bond donors (Lipinski definition) is 2. The van der Waals surface area contributed by atoms with E-state index in [0.717, 1.165) is 0 Å². The lowest BCUT2D eigenvalue weighted by atomic mass is 10.2. The van der Waals surface area contributed by atoms with Crippen LogP contribution in [0.1, 0.15) is 5.69 Å². The number of aromatic nitrogens is 3. The highest BCUT2D eigenvalue weighted by atomic mass is 19.4. The van der Waals surface area contributed by atoms with Gasteiger partial charge >= 0.3 is 12.1 Å². The Morgan fingerprint density at radius 3 is 2.47 bits per heavy atom. The first-order valence-corrected chi connectivity index (χ1v) is 8.41. The summed E-state index contributed by atoms with van der Waals surface area (Å²) in [5, 5.41) is 0.630. The lowest BCUT2D eigenvalue weighted by Gasteiger charge is -2.19. The molecule has 3 aromatic rings. The van der Waals surface area contributed by atoms with Crippen molar-refractivity contribution >= 4 is 22.8 Å². The molecule has 6 nitrogen and oxygen atoms in total. The Morgan fingerprint density at radius 1 is 1.20 bits per heavy atom. The standard InChI is InChI=1S/C18H17F6N5O/c1-28-15(26)11(7-14(25)17(20,21)18(22,23)24)27-16(28)13-5-9-3-4-10(19)6-12(9)29(13)8-30-2/h3-7H,8,25-26H2,1-2H3/b14-7-. The minimum Gasteiger partial charge on any atom is -0.397 e. The Balaban J connectivity index is 2.17. The van der Waals surface area contributed by atoms with Gasteiger partial charge in [-0.1, -0.05) is 0 Å². The number of alkyl halides is 5. The lowest BCUT2D eigenvalue weighted by Crippen LogP contribution is -2.41. The van der Waals surface area contributed by atoms with Crippen LogP contribution in [-0.4, -0.2) is 33.3 Å². The average Bonchev–Trinajstić information content (AvgIpc) is 3.13. The van der Waals surface area contributed by atoms with Crippen molar-refractivity contribution in [2.45, 2.75) is 18.8 Å². The molecule has 0 amide bonds. The van der Waals surface area contributed by atoms with E-state index in [1.807, 2.05) is 0 Å². The number of methoxy groups -OCH3 is 1. The number of nitrogen functional groups attached to an aromatic ring is 1. The number of nitrogens with zero attached hydrogens (tertiary/aromatic N) is 3. The summed E-state index contributed by atoms with van der Waals surface area (Å²) >= 11 is 0. The summed E-state index contributed by atoms with van der Waals surface area (Å²) in [6, 6.07) is 5.68. The van der Waals surface area contributed by atoms with E-state index in [2.05, 4.69) is 4.98 Å². The van der Waals surface area contributed by atoms with Crippen LogP contribution in [0.25, 0.3) is 28.5 Å². The van der Waals surface area contributed by atoms with Crippen molar-refractivity contribution in [3.8, 4) is 11.5 Å². The molecule has 1 aromatic carbocycles. The summed E-state index contributed by atoms with van der Waals surface area (Å²) in [6.07, 6.45) is -5.48. The van der Waals surface area contributed by atoms with Crippen LogP contribution in [0.15, 0.2) is 30.0 Å². The van der Waals surface area contributed by atoms with Gasteiger partial charge in [0.2, 0.25) is 0 Å². The van der Waals surface area contributed by atoms with Crippen molar-refractivity contribution in [2.24, 2.45) is 12.8 Å². The maximum Gasteiger partial charge on any atom is 0.459 e. The zero-order valence-corrected chi connectivity index (χ0v) is 15.8. The number of nitrogens with two attached hydrogens (primary N) is 2. The van der Waals surface area contributed by atoms with Crippen LogP contribution < -0.4 is 11.5 Å². The molecule has 0 saturated heterocycles. The van der Waals surface area contributed by atoms with Crippen molar-refractivity contribution < 1.29 is 31.1 Å². The number of anilines is 1. The van der Waals surface area contributed by atoms with Gasteiger partial charge in [-0.25, -0.2) is 9.37 Å². The molecule has 2 heterocycles. The molecule has 0 aliphatic rings. The van der Waals surface area contributed by atoms with E-state index < -0.39 is 23.6 Å². The summed E-state index contributed by atoms with van der Waals surface area (Å²) in [4.78, 5) is 4.09. The molecule has 12 heteroatoms. The van der Waals surface area contributed by atoms with Crippen molar-refractivity contribution in [1.29, 1.82) is 0 Å². The molecule has 4 N–H and O–H groups in total. The van der Waals surface area contributed by atoms with Crippen molar-refractivity contribution in [2.75, 3.05) is 12.8 Å². The molecule has 0 radical (unpaired) electrons. The van der Waals surface area contributed by atoms with Crippen molar-refractivity contribution in [1.82, 2.24) is 14.1 Å². The summed E-state index contributed by atoms with van der Waals surface area (Å²) in [6.45, 7) is -0.00545. The van der Waals surface area contributed by atoms with Crippen LogP contribution in [0.5, 0.6) is 0 Å². The number of fused-ring (bicyclic) bond motifs is 1. The van der Waals surface area contributed by atoms with Gasteiger partial charge in [0.05, 0.1) is 16.9 Å². The quantitative estimate of drug-likeness (QED) is 0.599. The number of rotatable bonds is 5. The van der Waals surface area contributed by atoms with Gasteiger partial charge in [0, 0.05) is 19.5 Å². The predicted molar refractivity (Wildman–Crippen MR) is 98.7 cm³/mol. The molecule has 0 unspecified atom stereocenters. The van der Waals surface area contributed by atoms with Crippen LogP contribution in [0, 0.1) is 5.82 Å². The molecule has 0 atom stereocenters. The number of benzene rings is 1. The van der Waals surface area contributed by atoms with E-state index in [1.165, 1.54) is 36.9 Å². The maximum absolute atomic E-state index is 13.7. The van der Waals surface area contributed by atoms with E-state index in [-0.39, 0.29) is 24.1 Å². The Kier molecular flexibility index (Phi) is 5.23. The van der Waals surface area contributed by atoms with E-state index in [4.69, 9.17) is 16.2 Å². The zero-order chi connectivity index (χ0) is 22.4. The van der Waals surface area contributed by atoms with Crippen LogP contribution in [0.2, 0.25) is 0 Å². The van der Waals surface area contributed by atoms with E-state index >= 15 is 0 Å². The predicted octanol–water partition coefficient (Wildman–Crippen LogP) is 3.86. The molecule has 0 bridgehead atoms. The van der Waals surface area contributed by atoms with Crippen LogP contribution in [0.3, 0.4) is 0 Å². The fourth-order valence-electron chi connectivity index (χ4n) is 2.95. The molecular formula is C18H17F6N5O. The Bertz CT molecular complexity index is 1130. The second-order valence-electron chi connectivity index (χ2n) is 6.52. The first-order chi connectivity index (χ1) is 13.9. The zero-order valence-electron chi connectivity index (χ0n) is 15.8. The second-order valence-corrected chi connectivity index (χ2v) is 6.52. The smallest absolute Gasteiger partial charge is 0.397 e. The SMILES string of the molecule is COCn1c(-c2nc(/C=C(\N)C(F)(F)C(F)(F)F)c(N)n2C)cc2ccc(F)cc21. The Morgan fingerprint density at radius 2 is 1.87 bits per heavy atom. The molecule has 30 heavy (non-hydrogen) atoms. The van der Waals surface area contributed by atoms with E-state index in [1.54, 1.807) is 10.6 Å². The molecule has 0 fully saturated rings. The fourth-order valence-corrected chi connectivity index (χ4v) is 2.95. The number of halogens is 6. The van der Waals surface area contributed by atoms with E-state index in [0.29, 0.717) is 22.7 Å². The van der Waals surface area contributed by atoms with Gasteiger partial charge < -0.3 is 25.3 Å². The lowest BCUT2D eigenvalue weighted by molar-refractivity contribution is -0.264. The fraction of sp³-hybridized carbons (Fsp3) is 0.278. The molecule has 0 saturated carbocycles. The minimum absolute atomic E-state index is 0.00545. The normalized spacial score (nSPS) is 13.4. The Hall–Kier alpha value is -3.15. The first kappa shape index (κ1) is 21.6. The van der Waals surface area contributed by atoms with Gasteiger partial charge in [0.25, 0.3) is 0 Å². The van der Waals surface area contributed by atoms with Gasteiger partial charge in [-0.15, -0.1) is 0 Å². The molecule has 0 aliphatic carbocycles. The molecule has 2 aromatic heterocycles. The summed E-state index contributed by atoms with van der Waals surface area (Å²) < 4.78 is 86.3. The van der Waals surface area contributed by atoms with Crippen LogP contribution >= 0.6 is 0 Å². The second kappa shape index (κ2) is 7.27. The van der Waals surface area contributed by atoms with Gasteiger partial charge in [0.1, 0.15) is 24.1 Å². The molecule has 0 aliphatic heterocycles. The number of ether oxygens (including phenoxy) is 1. The monoisotopic (exact) mass is 433 g/mol. The van der Waals surface area contributed by atoms with Gasteiger partial charge in [-0.3, -0.25) is 0 Å². The Labute approximate surface area is 166 Å². The third-order valence-electron chi connectivity index (χ3n) is 4.53. The summed E-state index contributed by atoms with van der Waals surface area (Å²) in [5.41, 5.74) is 9.61. The molecule has 3 rings (SSSR count). The molecule has 0 spiro atoms. The number of hydrogen-bond acceptors (Lipinski definition) is 4. The first-order valence-electron chi connectivity index (χ1n) is 8.41. The average molecular weight is 433 g/mol. The van der Waals surface area contributed by atoms with Crippen molar-refractivity contribution in [3.63, 3.8) is 0 Å². The number of imidazole rings is 1. The topological polar surface area (TPSA) is 84.0 Å². The number of allylic oxidation sites excluding steroid dienone is 1. The van der Waals surface area contributed by atoms with E-state index in [9.17, 15) is 26.3 Å². The summed E-state index contributed by atoms with van der Waals surface area (Å²) in [5.74, 6) is -5.80. The third-order valence-corrected chi connectivity index (χ3v) is 4.53. The molecular weight excluding hydrogens is 416 g/mol. The van der Waals surface area contributed by atoms with Gasteiger partial charge in [-0.2, -0.15) is 22.0 Å². The highest BCUT2D eigenvalue weighted by Crippen LogP contribution is 2.40. The van der Waals surface area contributed by atoms with Crippen LogP contribution in [0.4, 0.5) is 32.2 Å². The van der Waals surface area contributed by atoms with Gasteiger partial charge in [-0.05, 0) is 30.3 Å². The summed E-state index contributed by atoms with van der Waals surface area (Å²) in [7, 11) is 2.86. The minimum atomic E-state index is -5.87. The maximum atomic E-state index is 13.7.